The molecular formula is C23H29BrClN3O4S. The van der Waals surface area contributed by atoms with Gasteiger partial charge in [0.05, 0.1) is 11.9 Å². The van der Waals surface area contributed by atoms with E-state index in [0.29, 0.717) is 5.02 Å². The third-order valence-electron chi connectivity index (χ3n) is 4.99. The van der Waals surface area contributed by atoms with Crippen LogP contribution in [0.25, 0.3) is 0 Å². The van der Waals surface area contributed by atoms with Crippen LogP contribution < -0.4 is 9.62 Å². The number of sulfonamides is 1. The average molecular weight is 559 g/mol. The van der Waals surface area contributed by atoms with Crippen molar-refractivity contribution in [2.45, 2.75) is 46.3 Å². The molecule has 0 aliphatic heterocycles. The molecule has 0 aliphatic carbocycles. The van der Waals surface area contributed by atoms with Gasteiger partial charge in [-0.15, -0.1) is 0 Å². The lowest BCUT2D eigenvalue weighted by Gasteiger charge is -2.32. The summed E-state index contributed by atoms with van der Waals surface area (Å²) in [7, 11) is -3.80. The van der Waals surface area contributed by atoms with Gasteiger partial charge in [-0.3, -0.25) is 13.9 Å². The summed E-state index contributed by atoms with van der Waals surface area (Å²) in [5.74, 6) is -0.828. The van der Waals surface area contributed by atoms with Crippen molar-refractivity contribution in [3.05, 3.63) is 63.1 Å². The molecule has 0 radical (unpaired) electrons. The topological polar surface area (TPSA) is 86.8 Å². The zero-order chi connectivity index (χ0) is 24.9. The van der Waals surface area contributed by atoms with E-state index in [0.717, 1.165) is 26.2 Å². The van der Waals surface area contributed by atoms with Crippen molar-refractivity contribution < 1.29 is 18.0 Å². The third-order valence-corrected chi connectivity index (χ3v) is 7.06. The second-order valence-corrected chi connectivity index (χ2v) is 11.4. The van der Waals surface area contributed by atoms with Gasteiger partial charge in [0.1, 0.15) is 12.6 Å². The number of nitrogens with zero attached hydrogens (tertiary/aromatic N) is 2. The van der Waals surface area contributed by atoms with Gasteiger partial charge in [0.15, 0.2) is 0 Å². The molecule has 0 unspecified atom stereocenters. The number of hydrogen-bond donors (Lipinski definition) is 1. The monoisotopic (exact) mass is 557 g/mol. The van der Waals surface area contributed by atoms with Gasteiger partial charge in [-0.05, 0) is 63.1 Å². The van der Waals surface area contributed by atoms with E-state index in [1.54, 1.807) is 26.0 Å². The van der Waals surface area contributed by atoms with Crippen molar-refractivity contribution in [3.63, 3.8) is 0 Å². The predicted octanol–water partition coefficient (Wildman–Crippen LogP) is 4.12. The molecule has 0 spiro atoms. The zero-order valence-electron chi connectivity index (χ0n) is 19.3. The molecule has 0 bridgehead atoms. The minimum Gasteiger partial charge on any atom is -0.352 e. The summed E-state index contributed by atoms with van der Waals surface area (Å²) < 4.78 is 27.0. The molecule has 0 saturated carbocycles. The maximum atomic E-state index is 13.4. The van der Waals surface area contributed by atoms with Crippen LogP contribution in [0.3, 0.4) is 0 Å². The Morgan fingerprint density at radius 3 is 2.21 bits per heavy atom. The Kier molecular flexibility index (Phi) is 9.34. The minimum atomic E-state index is -3.80. The first kappa shape index (κ1) is 27.1. The maximum absolute atomic E-state index is 13.4. The SMILES string of the molecule is Cc1ccc(N(CC(=O)N(Cc2ccc(Br)cc2)[C@H](C)C(=O)NC(C)C)S(C)(=O)=O)cc1Cl. The standard InChI is InChI=1S/C23H29BrClN3O4S/c1-15(2)26-23(30)17(4)27(13-18-7-9-19(24)10-8-18)22(29)14-28(33(5,31)32)20-11-6-16(3)21(25)12-20/h6-12,15,17H,13-14H2,1-5H3,(H,26,30)/t17-/m1/s1. The fourth-order valence-corrected chi connectivity index (χ4v) is 4.41. The molecule has 0 fully saturated rings. The smallest absolute Gasteiger partial charge is 0.244 e. The molecule has 33 heavy (non-hydrogen) atoms. The molecule has 1 atom stereocenters. The molecule has 10 heteroatoms. The van der Waals surface area contributed by atoms with Gasteiger partial charge >= 0.3 is 0 Å². The molecule has 2 amide bonds. The summed E-state index contributed by atoms with van der Waals surface area (Å²) in [6, 6.07) is 11.2. The highest BCUT2D eigenvalue weighted by Gasteiger charge is 2.30. The highest BCUT2D eigenvalue weighted by atomic mass is 79.9. The Morgan fingerprint density at radius 2 is 1.70 bits per heavy atom. The van der Waals surface area contributed by atoms with Gasteiger partial charge in [-0.1, -0.05) is 45.7 Å². The number of benzene rings is 2. The average Bonchev–Trinajstić information content (AvgIpc) is 2.71. The number of rotatable bonds is 9. The van der Waals surface area contributed by atoms with Crippen LogP contribution in [0.2, 0.25) is 5.02 Å². The zero-order valence-corrected chi connectivity index (χ0v) is 22.5. The van der Waals surface area contributed by atoms with Crippen molar-refractivity contribution in [1.82, 2.24) is 10.2 Å². The van der Waals surface area contributed by atoms with E-state index < -0.39 is 28.5 Å². The van der Waals surface area contributed by atoms with Crippen molar-refractivity contribution in [3.8, 4) is 0 Å². The van der Waals surface area contributed by atoms with Crippen LogP contribution >= 0.6 is 27.5 Å². The summed E-state index contributed by atoms with van der Waals surface area (Å²) in [6.45, 7) is 6.77. The van der Waals surface area contributed by atoms with Gasteiger partial charge in [-0.2, -0.15) is 0 Å². The van der Waals surface area contributed by atoms with Gasteiger partial charge < -0.3 is 10.2 Å². The number of carbonyl (C=O) groups is 2. The summed E-state index contributed by atoms with van der Waals surface area (Å²) in [5, 5.41) is 3.21. The summed E-state index contributed by atoms with van der Waals surface area (Å²) in [4.78, 5) is 27.5. The fourth-order valence-electron chi connectivity index (χ4n) is 3.12. The van der Waals surface area contributed by atoms with Gasteiger partial charge in [0.2, 0.25) is 21.8 Å². The molecule has 180 valence electrons. The molecule has 0 aliphatic rings. The third kappa shape index (κ3) is 7.72. The van der Waals surface area contributed by atoms with Crippen molar-refractivity contribution in [2.75, 3.05) is 17.1 Å². The molecular weight excluding hydrogens is 530 g/mol. The van der Waals surface area contributed by atoms with E-state index in [1.165, 1.54) is 11.0 Å². The van der Waals surface area contributed by atoms with Gasteiger partial charge in [0, 0.05) is 22.1 Å². The lowest BCUT2D eigenvalue weighted by Crippen LogP contribution is -2.52. The highest BCUT2D eigenvalue weighted by Crippen LogP contribution is 2.25. The fraction of sp³-hybridized carbons (Fsp3) is 0.391. The van der Waals surface area contributed by atoms with Crippen molar-refractivity contribution >= 4 is 55.1 Å². The number of aryl methyl sites for hydroxylation is 1. The van der Waals surface area contributed by atoms with Crippen molar-refractivity contribution in [2.24, 2.45) is 0 Å². The summed E-state index contributed by atoms with van der Waals surface area (Å²) in [5.41, 5.74) is 1.88. The quantitative estimate of drug-likeness (QED) is 0.502. The number of carbonyl (C=O) groups excluding carboxylic acids is 2. The number of anilines is 1. The van der Waals surface area contributed by atoms with Crippen LogP contribution in [0.15, 0.2) is 46.9 Å². The Bertz CT molecular complexity index is 1110. The molecule has 2 aromatic carbocycles. The molecule has 7 nitrogen and oxygen atoms in total. The Morgan fingerprint density at radius 1 is 1.09 bits per heavy atom. The summed E-state index contributed by atoms with van der Waals surface area (Å²) in [6.07, 6.45) is 1.03. The van der Waals surface area contributed by atoms with Crippen molar-refractivity contribution in [1.29, 1.82) is 0 Å². The first-order valence-electron chi connectivity index (χ1n) is 10.4. The second kappa shape index (κ2) is 11.4. The van der Waals surface area contributed by atoms with E-state index in [2.05, 4.69) is 21.2 Å². The van der Waals surface area contributed by atoms with Gasteiger partial charge in [-0.25, -0.2) is 8.42 Å². The second-order valence-electron chi connectivity index (χ2n) is 8.19. The number of halogens is 2. The predicted molar refractivity (Wildman–Crippen MR) is 136 cm³/mol. The van der Waals surface area contributed by atoms with Crippen LogP contribution in [0.5, 0.6) is 0 Å². The van der Waals surface area contributed by atoms with E-state index >= 15 is 0 Å². The Hall–Kier alpha value is -2.10. The highest BCUT2D eigenvalue weighted by molar-refractivity contribution is 9.10. The van der Waals surface area contributed by atoms with E-state index in [-0.39, 0.29) is 24.2 Å². The normalized spacial score (nSPS) is 12.4. The van der Waals surface area contributed by atoms with Crippen LogP contribution in [0.1, 0.15) is 31.9 Å². The molecule has 0 aromatic heterocycles. The lowest BCUT2D eigenvalue weighted by molar-refractivity contribution is -0.139. The summed E-state index contributed by atoms with van der Waals surface area (Å²) >= 11 is 9.58. The van der Waals surface area contributed by atoms with Crippen LogP contribution in [0, 0.1) is 6.92 Å². The number of amides is 2. The van der Waals surface area contributed by atoms with Crippen LogP contribution in [0.4, 0.5) is 5.69 Å². The molecule has 2 aromatic rings. The van der Waals surface area contributed by atoms with E-state index in [1.807, 2.05) is 38.1 Å². The molecule has 2 rings (SSSR count). The van der Waals surface area contributed by atoms with Gasteiger partial charge in [0.25, 0.3) is 0 Å². The van der Waals surface area contributed by atoms with Crippen LogP contribution in [-0.4, -0.2) is 50.0 Å². The first-order chi connectivity index (χ1) is 15.3. The Balaban J connectivity index is 2.40. The van der Waals surface area contributed by atoms with E-state index in [4.69, 9.17) is 11.6 Å². The minimum absolute atomic E-state index is 0.105. The number of nitrogens with one attached hydrogen (secondary N) is 1. The molecule has 0 heterocycles. The maximum Gasteiger partial charge on any atom is 0.244 e. The largest absolute Gasteiger partial charge is 0.352 e. The Labute approximate surface area is 209 Å². The molecule has 0 saturated heterocycles. The lowest BCUT2D eigenvalue weighted by atomic mass is 10.1. The van der Waals surface area contributed by atoms with Crippen LogP contribution in [-0.2, 0) is 26.2 Å². The first-order valence-corrected chi connectivity index (χ1v) is 13.4. The van der Waals surface area contributed by atoms with E-state index in [9.17, 15) is 18.0 Å². The number of hydrogen-bond acceptors (Lipinski definition) is 4. The molecule has 1 N–H and O–H groups in total.